The number of rotatable bonds is 0. The Balaban J connectivity index is -0.000000000500. The Morgan fingerprint density at radius 3 is 1.14 bits per heavy atom. The Bertz CT molecular complexity index is 19.7. The molecule has 37 valence electrons. The number of hydrogen-bond acceptors (Lipinski definition) is 1. The van der Waals surface area contributed by atoms with Gasteiger partial charge in [0.05, 0.1) is 0 Å². The van der Waals surface area contributed by atoms with Crippen LogP contribution >= 0.6 is 0 Å². The van der Waals surface area contributed by atoms with Crippen LogP contribution in [0.4, 0.5) is 0 Å². The third kappa shape index (κ3) is 42.6. The van der Waals surface area contributed by atoms with Crippen LogP contribution in [0.3, 0.4) is 0 Å². The predicted molar refractivity (Wildman–Crippen MR) is 20.6 cm³/mol. The molecule has 0 aliphatic heterocycles. The minimum Gasteiger partial charge on any atom is -0.0125 e. The van der Waals surface area contributed by atoms with E-state index in [1.54, 1.807) is 0 Å². The summed E-state index contributed by atoms with van der Waals surface area (Å²) < 4.78 is 8.25. The van der Waals surface area contributed by atoms with E-state index in [0.29, 0.717) is 0 Å². The van der Waals surface area contributed by atoms with Crippen molar-refractivity contribution in [2.45, 2.75) is 0 Å². The van der Waals surface area contributed by atoms with Gasteiger partial charge in [-0.3, -0.25) is 0 Å². The smallest absolute Gasteiger partial charge is 0 e. The second-order valence-corrected chi connectivity index (χ2v) is 0. The molecular weight excluding hydrogens is 484 g/mol. The summed E-state index contributed by atoms with van der Waals surface area (Å²) >= 11 is 0.750. The summed E-state index contributed by atoms with van der Waals surface area (Å²) in [6.07, 6.45) is 0. The Labute approximate surface area is 121 Å². The summed E-state index contributed by atoms with van der Waals surface area (Å²) in [5.74, 6) is 0. The molecule has 0 saturated carbocycles. The SMILES string of the molecule is [AlH3].[Nb].[O]=[Ti].[SiH3].[Ta].[Zr]. The van der Waals surface area contributed by atoms with Gasteiger partial charge < -0.3 is 0 Å². The quantitative estimate of drug-likeness (QED) is 0.344. The minimum absolute atomic E-state index is 0. The summed E-state index contributed by atoms with van der Waals surface area (Å²) in [5, 5.41) is 0. The monoisotopic (exact) mass is 489 g/mol. The Morgan fingerprint density at radius 1 is 1.14 bits per heavy atom. The first-order valence-corrected chi connectivity index (χ1v) is 0.842. The van der Waals surface area contributed by atoms with E-state index < -0.39 is 0 Å². The minimum atomic E-state index is 0. The molecule has 0 spiro atoms. The molecule has 0 bridgehead atoms. The first kappa shape index (κ1) is 46.0. The summed E-state index contributed by atoms with van der Waals surface area (Å²) in [4.78, 5) is 0. The van der Waals surface area contributed by atoms with Crippen molar-refractivity contribution in [3.63, 3.8) is 0 Å². The average Bonchev–Trinajstić information content (AvgIpc) is 1.00. The van der Waals surface area contributed by atoms with Crippen LogP contribution in [-0.2, 0) is 94.7 Å². The molecule has 0 heterocycles. The summed E-state index contributed by atoms with van der Waals surface area (Å²) in [6.45, 7) is 0. The fourth-order valence-corrected chi connectivity index (χ4v) is 0. The van der Waals surface area contributed by atoms with E-state index in [1.807, 2.05) is 0 Å². The molecule has 0 N–H and O–H groups in total. The van der Waals surface area contributed by atoms with E-state index in [2.05, 4.69) is 0 Å². The third-order valence-electron chi connectivity index (χ3n) is 0. The van der Waals surface area contributed by atoms with E-state index in [4.69, 9.17) is 3.32 Å². The van der Waals surface area contributed by atoms with Crippen LogP contribution < -0.4 is 0 Å². The molecule has 0 unspecified atom stereocenters. The maximum Gasteiger partial charge on any atom is 0 e. The molecule has 0 aromatic heterocycles. The molecule has 0 amide bonds. The van der Waals surface area contributed by atoms with Gasteiger partial charge in [-0.25, -0.2) is 0 Å². The van der Waals surface area contributed by atoms with Crippen molar-refractivity contribution in [2.24, 2.45) is 0 Å². The molecule has 7 heavy (non-hydrogen) atoms. The normalized spacial score (nSPS) is 0.429. The molecule has 0 fully saturated rings. The second kappa shape index (κ2) is 54.5. The summed E-state index contributed by atoms with van der Waals surface area (Å²) in [7, 11) is 0. The molecule has 0 aliphatic carbocycles. The zero-order valence-corrected chi connectivity index (χ0v) is 14.7. The standard InChI is InChI=1S/Al.Nb.O.H3Si.Ta.Ti.Zr.3H/h;;;1H3;;;;;;. The first-order valence-electron chi connectivity index (χ1n) is 0.204. The maximum absolute atomic E-state index is 8.25. The molecule has 0 aliphatic rings. The van der Waals surface area contributed by atoms with Crippen LogP contribution in [0, 0.1) is 0 Å². The van der Waals surface area contributed by atoms with E-state index in [0.717, 1.165) is 20.4 Å². The van der Waals surface area contributed by atoms with Crippen molar-refractivity contribution in [3.8, 4) is 0 Å². The Morgan fingerprint density at radius 2 is 1.14 bits per heavy atom. The number of hydrogen-bond donors (Lipinski definition) is 0. The van der Waals surface area contributed by atoms with E-state index in [-0.39, 0.29) is 99.3 Å². The van der Waals surface area contributed by atoms with Gasteiger partial charge in [-0.05, 0) is 11.0 Å². The van der Waals surface area contributed by atoms with E-state index >= 15 is 0 Å². The van der Waals surface area contributed by atoms with Gasteiger partial charge in [0.1, 0.15) is 0 Å². The van der Waals surface area contributed by atoms with Gasteiger partial charge in [-0.1, -0.05) is 0 Å². The molecule has 0 aromatic rings. The summed E-state index contributed by atoms with van der Waals surface area (Å²) in [6, 6.07) is 0. The van der Waals surface area contributed by atoms with Crippen molar-refractivity contribution in [2.75, 3.05) is 0 Å². The van der Waals surface area contributed by atoms with Crippen molar-refractivity contribution in [1.29, 1.82) is 0 Å². The van der Waals surface area contributed by atoms with Gasteiger partial charge >= 0.3 is 23.7 Å². The van der Waals surface area contributed by atoms with Gasteiger partial charge in [0.25, 0.3) is 0 Å². The molecule has 7 heteroatoms. The van der Waals surface area contributed by atoms with Crippen LogP contribution in [0.2, 0.25) is 0 Å². The average molecular weight is 490 g/mol. The topological polar surface area (TPSA) is 17.1 Å². The van der Waals surface area contributed by atoms with E-state index in [1.165, 1.54) is 0 Å². The Kier molecular flexibility index (Phi) is 358. The second-order valence-electron chi connectivity index (χ2n) is 0. The molecule has 0 rings (SSSR count). The van der Waals surface area contributed by atoms with Gasteiger partial charge in [0.2, 0.25) is 0 Å². The fourth-order valence-electron chi connectivity index (χ4n) is 0. The maximum atomic E-state index is 8.25. The van der Waals surface area contributed by atoms with Gasteiger partial charge in [-0.2, -0.15) is 0 Å². The van der Waals surface area contributed by atoms with Crippen molar-refractivity contribution < 1.29 is 94.7 Å². The van der Waals surface area contributed by atoms with Gasteiger partial charge in [0.15, 0.2) is 17.4 Å². The van der Waals surface area contributed by atoms with Crippen LogP contribution in [0.25, 0.3) is 0 Å². The molecule has 0 aromatic carbocycles. The first-order chi connectivity index (χ1) is 1.00. The molecule has 3 radical (unpaired) electrons. The van der Waals surface area contributed by atoms with Crippen LogP contribution in [0.5, 0.6) is 0 Å². The fraction of sp³-hybridized carbons (Fsp3) is 0. The Hall–Kier alpha value is 3.63. The van der Waals surface area contributed by atoms with Crippen molar-refractivity contribution in [1.82, 2.24) is 0 Å². The molecular formula is H6AlNbOSiTaTiZr. The van der Waals surface area contributed by atoms with Crippen molar-refractivity contribution >= 4 is 28.3 Å². The van der Waals surface area contributed by atoms with Gasteiger partial charge in [-0.15, -0.1) is 0 Å². The largest absolute Gasteiger partial charge is 0.0125 e. The zero-order valence-electron chi connectivity index (χ0n) is 3.30. The van der Waals surface area contributed by atoms with E-state index in [9.17, 15) is 0 Å². The zero-order chi connectivity index (χ0) is 2.00. The van der Waals surface area contributed by atoms with Crippen LogP contribution in [-0.4, -0.2) is 28.3 Å². The molecule has 1 nitrogen and oxygen atoms in total. The van der Waals surface area contributed by atoms with Crippen LogP contribution in [0.15, 0.2) is 0 Å². The van der Waals surface area contributed by atoms with Crippen molar-refractivity contribution in [3.05, 3.63) is 0 Å². The molecule has 0 saturated heterocycles. The van der Waals surface area contributed by atoms with Crippen LogP contribution in [0.1, 0.15) is 0 Å². The third-order valence-corrected chi connectivity index (χ3v) is 0. The predicted octanol–water partition coefficient (Wildman–Crippen LogP) is -2.50. The van der Waals surface area contributed by atoms with Gasteiger partial charge in [0, 0.05) is 71.0 Å². The summed E-state index contributed by atoms with van der Waals surface area (Å²) in [5.41, 5.74) is 0. The molecule has 0 atom stereocenters.